The summed E-state index contributed by atoms with van der Waals surface area (Å²) < 4.78 is 0. The first-order valence-corrected chi connectivity index (χ1v) is 6.73. The normalized spacial score (nSPS) is 15.2. The van der Waals surface area contributed by atoms with Crippen LogP contribution in [0.5, 0.6) is 0 Å². The van der Waals surface area contributed by atoms with Gasteiger partial charge in [-0.2, -0.15) is 0 Å². The Hall–Kier alpha value is -1.26. The van der Waals surface area contributed by atoms with Crippen LogP contribution in [0.15, 0.2) is 18.3 Å². The third kappa shape index (κ3) is 1.98. The van der Waals surface area contributed by atoms with Gasteiger partial charge >= 0.3 is 0 Å². The summed E-state index contributed by atoms with van der Waals surface area (Å²) in [5.74, 6) is 0.655. The third-order valence-corrected chi connectivity index (χ3v) is 4.19. The van der Waals surface area contributed by atoms with E-state index < -0.39 is 0 Å². The highest BCUT2D eigenvalue weighted by Crippen LogP contribution is 2.44. The number of hydrogen-bond acceptors (Lipinski definition) is 4. The van der Waals surface area contributed by atoms with Crippen LogP contribution in [-0.2, 0) is 6.54 Å². The van der Waals surface area contributed by atoms with E-state index in [9.17, 15) is 0 Å². The molecule has 3 rings (SSSR count). The Morgan fingerprint density at radius 2 is 2.29 bits per heavy atom. The molecule has 2 N–H and O–H groups in total. The van der Waals surface area contributed by atoms with Crippen LogP contribution in [0.2, 0.25) is 0 Å². The van der Waals surface area contributed by atoms with Gasteiger partial charge in [-0.3, -0.25) is 4.98 Å². The maximum absolute atomic E-state index is 5.80. The van der Waals surface area contributed by atoms with Crippen molar-refractivity contribution in [3.63, 3.8) is 0 Å². The van der Waals surface area contributed by atoms with Crippen LogP contribution < -0.4 is 5.73 Å². The second kappa shape index (κ2) is 4.20. The van der Waals surface area contributed by atoms with Crippen molar-refractivity contribution in [3.05, 3.63) is 34.5 Å². The number of thiazole rings is 1. The molecule has 0 saturated heterocycles. The monoisotopic (exact) mass is 245 g/mol. The molecule has 2 heterocycles. The van der Waals surface area contributed by atoms with Crippen molar-refractivity contribution >= 4 is 11.3 Å². The molecule has 0 amide bonds. The van der Waals surface area contributed by atoms with Crippen molar-refractivity contribution < 1.29 is 0 Å². The minimum absolute atomic E-state index is 0.593. The molecule has 88 valence electrons. The van der Waals surface area contributed by atoms with Gasteiger partial charge < -0.3 is 5.73 Å². The zero-order valence-electron chi connectivity index (χ0n) is 9.81. The van der Waals surface area contributed by atoms with Gasteiger partial charge in [-0.05, 0) is 31.4 Å². The predicted molar refractivity (Wildman–Crippen MR) is 69.9 cm³/mol. The first-order chi connectivity index (χ1) is 8.29. The molecule has 0 atom stereocenters. The van der Waals surface area contributed by atoms with Crippen LogP contribution in [0.1, 0.15) is 34.9 Å². The summed E-state index contributed by atoms with van der Waals surface area (Å²) >= 11 is 1.70. The quantitative estimate of drug-likeness (QED) is 0.904. The van der Waals surface area contributed by atoms with Crippen molar-refractivity contribution in [1.29, 1.82) is 0 Å². The second-order valence-electron chi connectivity index (χ2n) is 4.47. The Morgan fingerprint density at radius 1 is 1.47 bits per heavy atom. The third-order valence-electron chi connectivity index (χ3n) is 3.09. The first kappa shape index (κ1) is 10.9. The number of aromatic nitrogens is 2. The van der Waals surface area contributed by atoms with E-state index >= 15 is 0 Å². The number of nitrogens with zero attached hydrogens (tertiary/aromatic N) is 2. The van der Waals surface area contributed by atoms with Gasteiger partial charge in [0.15, 0.2) is 0 Å². The Kier molecular flexibility index (Phi) is 2.68. The van der Waals surface area contributed by atoms with Crippen molar-refractivity contribution in [2.24, 2.45) is 5.73 Å². The van der Waals surface area contributed by atoms with Gasteiger partial charge in [0.2, 0.25) is 0 Å². The van der Waals surface area contributed by atoms with E-state index in [4.69, 9.17) is 10.7 Å². The summed E-state index contributed by atoms with van der Waals surface area (Å²) in [5.41, 5.74) is 9.19. The lowest BCUT2D eigenvalue weighted by Crippen LogP contribution is -1.96. The fraction of sp³-hybridized carbons (Fsp3) is 0.385. The van der Waals surface area contributed by atoms with Crippen molar-refractivity contribution in [2.75, 3.05) is 0 Å². The van der Waals surface area contributed by atoms with Crippen LogP contribution in [0, 0.1) is 6.92 Å². The maximum Gasteiger partial charge on any atom is 0.142 e. The topological polar surface area (TPSA) is 51.8 Å². The van der Waals surface area contributed by atoms with Gasteiger partial charge in [0.25, 0.3) is 0 Å². The Balaban J connectivity index is 2.06. The summed E-state index contributed by atoms with van der Waals surface area (Å²) in [6, 6.07) is 4.03. The molecule has 4 heteroatoms. The standard InChI is InChI=1S/C13H15N3S/c1-8-3-2-6-15-11(8)13-16-12(9-4-5-9)10(7-14)17-13/h2-3,6,9H,4-5,7,14H2,1H3. The molecule has 0 spiro atoms. The molecular weight excluding hydrogens is 230 g/mol. The molecule has 0 bridgehead atoms. The van der Waals surface area contributed by atoms with Crippen LogP contribution in [0.4, 0.5) is 0 Å². The molecule has 2 aromatic heterocycles. The van der Waals surface area contributed by atoms with E-state index in [1.54, 1.807) is 11.3 Å². The number of rotatable bonds is 3. The number of pyridine rings is 1. The lowest BCUT2D eigenvalue weighted by atomic mass is 10.2. The summed E-state index contributed by atoms with van der Waals surface area (Å²) in [4.78, 5) is 10.4. The van der Waals surface area contributed by atoms with E-state index in [1.807, 2.05) is 12.3 Å². The van der Waals surface area contributed by atoms with Gasteiger partial charge in [0.1, 0.15) is 10.7 Å². The molecule has 1 fully saturated rings. The molecule has 0 aromatic carbocycles. The fourth-order valence-electron chi connectivity index (χ4n) is 2.00. The number of nitrogens with two attached hydrogens (primary N) is 1. The van der Waals surface area contributed by atoms with Crippen molar-refractivity contribution in [2.45, 2.75) is 32.2 Å². The molecule has 2 aromatic rings. The second-order valence-corrected chi connectivity index (χ2v) is 5.56. The highest BCUT2D eigenvalue weighted by Gasteiger charge is 2.29. The average molecular weight is 245 g/mol. The molecule has 1 aliphatic rings. The molecule has 3 nitrogen and oxygen atoms in total. The molecule has 0 unspecified atom stereocenters. The molecule has 0 aliphatic heterocycles. The van der Waals surface area contributed by atoms with E-state index in [-0.39, 0.29) is 0 Å². The molecule has 0 radical (unpaired) electrons. The summed E-state index contributed by atoms with van der Waals surface area (Å²) in [6.07, 6.45) is 4.34. The summed E-state index contributed by atoms with van der Waals surface area (Å²) in [7, 11) is 0. The van der Waals surface area contributed by atoms with Gasteiger partial charge in [0, 0.05) is 23.5 Å². The Bertz CT molecular complexity index is 543. The van der Waals surface area contributed by atoms with Crippen LogP contribution in [-0.4, -0.2) is 9.97 Å². The molecular formula is C13H15N3S. The smallest absolute Gasteiger partial charge is 0.142 e. The average Bonchev–Trinajstić information content (AvgIpc) is 3.10. The zero-order valence-corrected chi connectivity index (χ0v) is 10.6. The number of hydrogen-bond donors (Lipinski definition) is 1. The van der Waals surface area contributed by atoms with Gasteiger partial charge in [-0.1, -0.05) is 6.07 Å². The van der Waals surface area contributed by atoms with E-state index in [0.717, 1.165) is 10.7 Å². The SMILES string of the molecule is Cc1cccnc1-c1nc(C2CC2)c(CN)s1. The summed E-state index contributed by atoms with van der Waals surface area (Å²) in [5, 5.41) is 1.02. The van der Waals surface area contributed by atoms with Crippen LogP contribution >= 0.6 is 11.3 Å². The minimum atomic E-state index is 0.593. The van der Waals surface area contributed by atoms with Crippen LogP contribution in [0.25, 0.3) is 10.7 Å². The Morgan fingerprint density at radius 3 is 2.94 bits per heavy atom. The zero-order chi connectivity index (χ0) is 11.8. The lowest BCUT2D eigenvalue weighted by Gasteiger charge is -1.98. The van der Waals surface area contributed by atoms with Crippen molar-refractivity contribution in [3.8, 4) is 10.7 Å². The maximum atomic E-state index is 5.80. The molecule has 1 aliphatic carbocycles. The van der Waals surface area contributed by atoms with E-state index in [2.05, 4.69) is 18.0 Å². The Labute approximate surface area is 105 Å². The van der Waals surface area contributed by atoms with E-state index in [1.165, 1.54) is 29.0 Å². The number of aryl methyl sites for hydroxylation is 1. The predicted octanol–water partition coefficient (Wildman–Crippen LogP) is 2.85. The summed E-state index contributed by atoms with van der Waals surface area (Å²) in [6.45, 7) is 2.66. The van der Waals surface area contributed by atoms with Gasteiger partial charge in [0.05, 0.1) is 5.69 Å². The van der Waals surface area contributed by atoms with Crippen LogP contribution in [0.3, 0.4) is 0 Å². The lowest BCUT2D eigenvalue weighted by molar-refractivity contribution is 0.978. The molecule has 1 saturated carbocycles. The minimum Gasteiger partial charge on any atom is -0.326 e. The molecule has 17 heavy (non-hydrogen) atoms. The van der Waals surface area contributed by atoms with Crippen molar-refractivity contribution in [1.82, 2.24) is 9.97 Å². The van der Waals surface area contributed by atoms with E-state index in [0.29, 0.717) is 12.5 Å². The highest BCUT2D eigenvalue weighted by molar-refractivity contribution is 7.15. The first-order valence-electron chi connectivity index (χ1n) is 5.91. The van der Waals surface area contributed by atoms with Gasteiger partial charge in [-0.25, -0.2) is 4.98 Å². The highest BCUT2D eigenvalue weighted by atomic mass is 32.1. The fourth-order valence-corrected chi connectivity index (χ4v) is 3.08. The largest absolute Gasteiger partial charge is 0.326 e. The van der Waals surface area contributed by atoms with Gasteiger partial charge in [-0.15, -0.1) is 11.3 Å².